The maximum Gasteiger partial charge on any atom is 0.260 e. The first-order valence-electron chi connectivity index (χ1n) is 7.11. The van der Waals surface area contributed by atoms with Crippen LogP contribution in [0.2, 0.25) is 0 Å². The van der Waals surface area contributed by atoms with Crippen LogP contribution in [0.4, 0.5) is 5.69 Å². The quantitative estimate of drug-likeness (QED) is 0.724. The summed E-state index contributed by atoms with van der Waals surface area (Å²) in [5.74, 6) is 1.16. The normalized spacial score (nSPS) is 11.0. The van der Waals surface area contributed by atoms with Crippen LogP contribution in [-0.4, -0.2) is 16.6 Å². The highest BCUT2D eigenvalue weighted by molar-refractivity contribution is 7.16. The number of H-pyrrole nitrogens is 1. The van der Waals surface area contributed by atoms with Crippen molar-refractivity contribution in [3.63, 3.8) is 0 Å². The smallest absolute Gasteiger partial charge is 0.260 e. The van der Waals surface area contributed by atoms with Crippen LogP contribution in [-0.2, 0) is 0 Å². The average molecular weight is 315 g/mol. The Morgan fingerprint density at radius 1 is 1.41 bits per heavy atom. The summed E-state index contributed by atoms with van der Waals surface area (Å²) in [6.45, 7) is 4.55. The van der Waals surface area contributed by atoms with Gasteiger partial charge in [-0.1, -0.05) is 6.92 Å². The lowest BCUT2D eigenvalue weighted by molar-refractivity contribution is 0.318. The molecular formula is C16H17N3O2S. The van der Waals surface area contributed by atoms with Crippen molar-refractivity contribution in [2.75, 3.05) is 12.3 Å². The molecule has 0 radical (unpaired) electrons. The number of ether oxygens (including phenoxy) is 1. The third-order valence-electron chi connectivity index (χ3n) is 3.35. The molecule has 0 bridgehead atoms. The number of nitrogens with one attached hydrogen (secondary N) is 1. The highest BCUT2D eigenvalue weighted by Gasteiger charge is 2.13. The van der Waals surface area contributed by atoms with E-state index in [9.17, 15) is 4.79 Å². The van der Waals surface area contributed by atoms with Gasteiger partial charge in [0.25, 0.3) is 5.56 Å². The van der Waals surface area contributed by atoms with Gasteiger partial charge < -0.3 is 15.5 Å². The van der Waals surface area contributed by atoms with Gasteiger partial charge in [-0.15, -0.1) is 11.3 Å². The fraction of sp³-hybridized carbons (Fsp3) is 0.250. The molecule has 0 unspecified atom stereocenters. The largest absolute Gasteiger partial charge is 0.493 e. The Hall–Kier alpha value is -2.34. The fourth-order valence-corrected chi connectivity index (χ4v) is 3.21. The summed E-state index contributed by atoms with van der Waals surface area (Å²) in [7, 11) is 0. The van der Waals surface area contributed by atoms with Crippen LogP contribution in [0.3, 0.4) is 0 Å². The van der Waals surface area contributed by atoms with Crippen LogP contribution in [0.25, 0.3) is 21.6 Å². The van der Waals surface area contributed by atoms with Gasteiger partial charge in [-0.05, 0) is 42.5 Å². The Morgan fingerprint density at radius 2 is 2.23 bits per heavy atom. The monoisotopic (exact) mass is 315 g/mol. The second-order valence-corrected chi connectivity index (χ2v) is 5.98. The summed E-state index contributed by atoms with van der Waals surface area (Å²) in [6.07, 6.45) is 0.900. The Bertz CT molecular complexity index is 883. The second kappa shape index (κ2) is 5.81. The van der Waals surface area contributed by atoms with Crippen LogP contribution in [0.1, 0.15) is 18.9 Å². The Kier molecular flexibility index (Phi) is 3.85. The summed E-state index contributed by atoms with van der Waals surface area (Å²) in [4.78, 5) is 20.4. The van der Waals surface area contributed by atoms with Crippen molar-refractivity contribution < 1.29 is 4.74 Å². The summed E-state index contributed by atoms with van der Waals surface area (Å²) in [5, 5.41) is 2.58. The first-order chi connectivity index (χ1) is 10.6. The van der Waals surface area contributed by atoms with Gasteiger partial charge in [0.15, 0.2) is 0 Å². The SMILES string of the molecule is CCCOc1ccc(N)cc1-c1nc2scc(C)c2c(=O)[nH]1. The number of hydrogen-bond donors (Lipinski definition) is 2. The van der Waals surface area contributed by atoms with Crippen molar-refractivity contribution in [1.29, 1.82) is 0 Å². The molecule has 0 spiro atoms. The minimum atomic E-state index is -0.136. The molecule has 6 heteroatoms. The van der Waals surface area contributed by atoms with E-state index in [1.165, 1.54) is 11.3 Å². The van der Waals surface area contributed by atoms with Crippen molar-refractivity contribution in [3.05, 3.63) is 39.5 Å². The van der Waals surface area contributed by atoms with Crippen molar-refractivity contribution in [2.45, 2.75) is 20.3 Å². The van der Waals surface area contributed by atoms with Gasteiger partial charge in [-0.2, -0.15) is 0 Å². The van der Waals surface area contributed by atoms with Gasteiger partial charge in [0.2, 0.25) is 0 Å². The minimum absolute atomic E-state index is 0.136. The molecule has 0 aliphatic carbocycles. The third-order valence-corrected chi connectivity index (χ3v) is 4.34. The number of fused-ring (bicyclic) bond motifs is 1. The molecule has 5 nitrogen and oxygen atoms in total. The Balaban J connectivity index is 2.18. The predicted octanol–water partition coefficient (Wildman–Crippen LogP) is 3.33. The van der Waals surface area contributed by atoms with Gasteiger partial charge in [-0.3, -0.25) is 4.79 Å². The van der Waals surface area contributed by atoms with Crippen molar-refractivity contribution in [2.24, 2.45) is 0 Å². The maximum absolute atomic E-state index is 12.3. The van der Waals surface area contributed by atoms with Crippen molar-refractivity contribution in [3.8, 4) is 17.1 Å². The number of thiophene rings is 1. The topological polar surface area (TPSA) is 81.0 Å². The molecule has 114 valence electrons. The maximum atomic E-state index is 12.3. The minimum Gasteiger partial charge on any atom is -0.493 e. The standard InChI is InChI=1S/C16H17N3O2S/c1-3-6-21-12-5-4-10(17)7-11(12)14-18-15(20)13-9(2)8-22-16(13)19-14/h4-5,7-8H,3,6,17H2,1-2H3,(H,18,19,20). The van der Waals surface area contributed by atoms with Gasteiger partial charge in [0, 0.05) is 5.69 Å². The highest BCUT2D eigenvalue weighted by Crippen LogP contribution is 2.31. The van der Waals surface area contributed by atoms with Gasteiger partial charge in [-0.25, -0.2) is 4.98 Å². The van der Waals surface area contributed by atoms with E-state index in [1.807, 2.05) is 25.3 Å². The van der Waals surface area contributed by atoms with Gasteiger partial charge in [0.05, 0.1) is 17.6 Å². The number of rotatable bonds is 4. The number of nitrogens with zero attached hydrogens (tertiary/aromatic N) is 1. The number of hydrogen-bond acceptors (Lipinski definition) is 5. The van der Waals surface area contributed by atoms with Crippen molar-refractivity contribution >= 4 is 27.2 Å². The molecule has 0 saturated heterocycles. The summed E-state index contributed by atoms with van der Waals surface area (Å²) >= 11 is 1.46. The average Bonchev–Trinajstić information content (AvgIpc) is 2.87. The van der Waals surface area contributed by atoms with Crippen LogP contribution >= 0.6 is 11.3 Å². The zero-order chi connectivity index (χ0) is 15.7. The first-order valence-corrected chi connectivity index (χ1v) is 7.99. The van der Waals surface area contributed by atoms with E-state index in [0.717, 1.165) is 16.8 Å². The van der Waals surface area contributed by atoms with E-state index in [2.05, 4.69) is 9.97 Å². The lowest BCUT2D eigenvalue weighted by Crippen LogP contribution is -2.10. The number of nitrogen functional groups attached to an aromatic ring is 1. The fourth-order valence-electron chi connectivity index (χ4n) is 2.29. The molecule has 0 fully saturated rings. The van der Waals surface area contributed by atoms with Crippen LogP contribution < -0.4 is 16.0 Å². The lowest BCUT2D eigenvalue weighted by atomic mass is 10.1. The van der Waals surface area contributed by atoms with Crippen LogP contribution in [0, 0.1) is 6.92 Å². The van der Waals surface area contributed by atoms with Gasteiger partial charge >= 0.3 is 0 Å². The Morgan fingerprint density at radius 3 is 3.00 bits per heavy atom. The molecule has 1 aromatic carbocycles. The summed E-state index contributed by atoms with van der Waals surface area (Å²) in [6, 6.07) is 5.36. The molecule has 0 aliphatic rings. The molecule has 22 heavy (non-hydrogen) atoms. The zero-order valence-electron chi connectivity index (χ0n) is 12.5. The predicted molar refractivity (Wildman–Crippen MR) is 90.6 cm³/mol. The van der Waals surface area contributed by atoms with E-state index >= 15 is 0 Å². The lowest BCUT2D eigenvalue weighted by Gasteiger charge is -2.11. The number of nitrogens with two attached hydrogens (primary N) is 1. The molecule has 2 aromatic heterocycles. The van der Waals surface area contributed by atoms with Crippen LogP contribution in [0.15, 0.2) is 28.4 Å². The molecule has 3 N–H and O–H groups in total. The second-order valence-electron chi connectivity index (χ2n) is 5.12. The molecular weight excluding hydrogens is 298 g/mol. The van der Waals surface area contributed by atoms with Crippen molar-refractivity contribution in [1.82, 2.24) is 9.97 Å². The summed E-state index contributed by atoms with van der Waals surface area (Å²) in [5.41, 5.74) is 7.99. The van der Waals surface area contributed by atoms with E-state index < -0.39 is 0 Å². The molecule has 2 heterocycles. The number of aromatic amines is 1. The first kappa shape index (κ1) is 14.6. The molecule has 3 aromatic rings. The number of aromatic nitrogens is 2. The molecule has 0 saturated carbocycles. The summed E-state index contributed by atoms with van der Waals surface area (Å²) < 4.78 is 5.74. The molecule has 0 amide bonds. The molecule has 0 aliphatic heterocycles. The number of benzene rings is 1. The van der Waals surface area contributed by atoms with E-state index in [4.69, 9.17) is 10.5 Å². The Labute approximate surface area is 131 Å². The number of aryl methyl sites for hydroxylation is 1. The number of anilines is 1. The van der Waals surface area contributed by atoms with Crippen LogP contribution in [0.5, 0.6) is 5.75 Å². The molecule has 3 rings (SSSR count). The zero-order valence-corrected chi connectivity index (χ0v) is 13.3. The third kappa shape index (κ3) is 2.57. The highest BCUT2D eigenvalue weighted by atomic mass is 32.1. The van der Waals surface area contributed by atoms with E-state index in [0.29, 0.717) is 34.8 Å². The molecule has 0 atom stereocenters. The van der Waals surface area contributed by atoms with E-state index in [1.54, 1.807) is 12.1 Å². The van der Waals surface area contributed by atoms with E-state index in [-0.39, 0.29) is 5.56 Å². The van der Waals surface area contributed by atoms with Gasteiger partial charge in [0.1, 0.15) is 16.4 Å².